The van der Waals surface area contributed by atoms with E-state index in [9.17, 15) is 5.11 Å². The van der Waals surface area contributed by atoms with Gasteiger partial charge in [-0.1, -0.05) is 72.3 Å². The number of hydrogen-bond donors (Lipinski definition) is 1. The molecule has 0 heterocycles. The van der Waals surface area contributed by atoms with Crippen molar-refractivity contribution in [1.29, 1.82) is 0 Å². The molecule has 0 aliphatic heterocycles. The van der Waals surface area contributed by atoms with E-state index in [4.69, 9.17) is 0 Å². The Morgan fingerprint density at radius 2 is 1.74 bits per heavy atom. The third kappa shape index (κ3) is 3.79. The lowest BCUT2D eigenvalue weighted by Crippen LogP contribution is -2.52. The highest BCUT2D eigenvalue weighted by Gasteiger charge is 2.59. The van der Waals surface area contributed by atoms with Gasteiger partial charge in [-0.25, -0.2) is 0 Å². The zero-order valence-corrected chi connectivity index (χ0v) is 21.6. The van der Waals surface area contributed by atoms with Gasteiger partial charge in [0.05, 0.1) is 6.10 Å². The van der Waals surface area contributed by atoms with E-state index in [1.54, 1.807) is 0 Å². The highest BCUT2D eigenvalue weighted by atomic mass is 16.3. The quantitative estimate of drug-likeness (QED) is 0.449. The number of rotatable bonds is 4. The van der Waals surface area contributed by atoms with Crippen LogP contribution in [0.3, 0.4) is 0 Å². The molecule has 0 aromatic rings. The van der Waals surface area contributed by atoms with Crippen molar-refractivity contribution >= 4 is 0 Å². The summed E-state index contributed by atoms with van der Waals surface area (Å²) in [5, 5.41) is 10.5. The first kappa shape index (κ1) is 23.6. The molecule has 0 bridgehead atoms. The molecule has 3 saturated carbocycles. The summed E-state index contributed by atoms with van der Waals surface area (Å²) in [6.45, 7) is 21.4. The third-order valence-corrected chi connectivity index (χ3v) is 11.3. The molecule has 4 aliphatic carbocycles. The van der Waals surface area contributed by atoms with E-state index in [0.29, 0.717) is 22.7 Å². The van der Waals surface area contributed by atoms with Crippen LogP contribution in [0.25, 0.3) is 0 Å². The zero-order valence-electron chi connectivity index (χ0n) is 21.6. The monoisotopic (exact) mass is 426 g/mol. The maximum atomic E-state index is 10.5. The summed E-state index contributed by atoms with van der Waals surface area (Å²) in [7, 11) is 0. The Morgan fingerprint density at radius 3 is 2.42 bits per heavy atom. The second kappa shape index (κ2) is 8.03. The van der Waals surface area contributed by atoms with Crippen LogP contribution in [0, 0.1) is 51.8 Å². The number of hydrogen-bond acceptors (Lipinski definition) is 1. The van der Waals surface area contributed by atoms with Crippen LogP contribution in [-0.2, 0) is 0 Å². The second-order valence-corrected chi connectivity index (χ2v) is 13.7. The fraction of sp³-hybridized carbons (Fsp3) is 0.867. The van der Waals surface area contributed by atoms with Crippen LogP contribution in [0.1, 0.15) is 106 Å². The van der Waals surface area contributed by atoms with Gasteiger partial charge in [0, 0.05) is 0 Å². The van der Waals surface area contributed by atoms with Crippen molar-refractivity contribution in [2.75, 3.05) is 0 Å². The van der Waals surface area contributed by atoms with Gasteiger partial charge in [0.25, 0.3) is 0 Å². The second-order valence-electron chi connectivity index (χ2n) is 13.7. The molecule has 0 amide bonds. The van der Waals surface area contributed by atoms with E-state index >= 15 is 0 Å². The molecule has 0 spiro atoms. The van der Waals surface area contributed by atoms with Gasteiger partial charge in [0.2, 0.25) is 0 Å². The molecule has 9 unspecified atom stereocenters. The summed E-state index contributed by atoms with van der Waals surface area (Å²) >= 11 is 0. The standard InChI is InChI=1S/C30H50O/c1-19(9-10-20(2)28(4,5)6)23-13-14-25-22-11-12-24-21(3)27(31)16-18-30(24,8)26(22)15-17-29(23,25)7/h11,19,21,23-27,31H,2,9-10,12-18H2,1,3-8H3. The molecule has 4 rings (SSSR count). The van der Waals surface area contributed by atoms with Gasteiger partial charge in [0.1, 0.15) is 0 Å². The van der Waals surface area contributed by atoms with E-state index in [-0.39, 0.29) is 11.5 Å². The molecule has 4 aliphatic rings. The minimum absolute atomic E-state index is 0.0820. The fourth-order valence-electron chi connectivity index (χ4n) is 8.90. The van der Waals surface area contributed by atoms with Gasteiger partial charge in [-0.15, -0.1) is 0 Å². The fourth-order valence-corrected chi connectivity index (χ4v) is 8.90. The Hall–Kier alpha value is -0.560. The minimum atomic E-state index is -0.0820. The smallest absolute Gasteiger partial charge is 0.0568 e. The van der Waals surface area contributed by atoms with Crippen molar-refractivity contribution in [3.8, 4) is 0 Å². The minimum Gasteiger partial charge on any atom is -0.393 e. The molecule has 0 radical (unpaired) electrons. The summed E-state index contributed by atoms with van der Waals surface area (Å²) in [6, 6.07) is 0. The maximum absolute atomic E-state index is 10.5. The van der Waals surface area contributed by atoms with E-state index in [2.05, 4.69) is 61.1 Å². The molecule has 1 nitrogen and oxygen atoms in total. The van der Waals surface area contributed by atoms with Gasteiger partial charge in [-0.05, 0) is 110 Å². The van der Waals surface area contributed by atoms with Crippen molar-refractivity contribution in [1.82, 2.24) is 0 Å². The van der Waals surface area contributed by atoms with Gasteiger partial charge >= 0.3 is 0 Å². The summed E-state index contributed by atoms with van der Waals surface area (Å²) in [5.74, 6) is 4.37. The highest BCUT2D eigenvalue weighted by molar-refractivity contribution is 5.28. The molecular formula is C30H50O. The number of allylic oxidation sites excluding steroid dienone is 3. The number of aliphatic hydroxyl groups excluding tert-OH is 1. The molecule has 3 fully saturated rings. The number of aliphatic hydroxyl groups is 1. The molecule has 0 saturated heterocycles. The lowest BCUT2D eigenvalue weighted by Gasteiger charge is -2.59. The van der Waals surface area contributed by atoms with Crippen LogP contribution in [0.5, 0.6) is 0 Å². The SMILES string of the molecule is C=C(CCC(C)C1CCC2C3=CCC4C(C)C(O)CCC4(C)C3CCC21C)C(C)(C)C. The van der Waals surface area contributed by atoms with Crippen LogP contribution >= 0.6 is 0 Å². The largest absolute Gasteiger partial charge is 0.393 e. The van der Waals surface area contributed by atoms with E-state index in [1.807, 2.05) is 5.57 Å². The Bertz CT molecular complexity index is 725. The van der Waals surface area contributed by atoms with Gasteiger partial charge in [-0.2, -0.15) is 0 Å². The molecule has 176 valence electrons. The Balaban J connectivity index is 1.51. The van der Waals surface area contributed by atoms with Crippen molar-refractivity contribution < 1.29 is 5.11 Å². The maximum Gasteiger partial charge on any atom is 0.0568 e. The third-order valence-electron chi connectivity index (χ3n) is 11.3. The normalized spacial score (nSPS) is 45.9. The van der Waals surface area contributed by atoms with Crippen molar-refractivity contribution in [3.63, 3.8) is 0 Å². The topological polar surface area (TPSA) is 20.2 Å². The summed E-state index contributed by atoms with van der Waals surface area (Å²) in [6.07, 6.45) is 14.2. The van der Waals surface area contributed by atoms with E-state index in [0.717, 1.165) is 30.1 Å². The van der Waals surface area contributed by atoms with Crippen LogP contribution in [0.2, 0.25) is 0 Å². The van der Waals surface area contributed by atoms with Crippen molar-refractivity contribution in [2.24, 2.45) is 51.8 Å². The van der Waals surface area contributed by atoms with Gasteiger partial charge in [-0.3, -0.25) is 0 Å². The van der Waals surface area contributed by atoms with Crippen LogP contribution in [0.4, 0.5) is 0 Å². The van der Waals surface area contributed by atoms with Gasteiger partial charge < -0.3 is 5.11 Å². The first-order valence-electron chi connectivity index (χ1n) is 13.5. The average Bonchev–Trinajstić information content (AvgIpc) is 3.05. The first-order chi connectivity index (χ1) is 14.4. The van der Waals surface area contributed by atoms with E-state index in [1.165, 1.54) is 56.9 Å². The number of fused-ring (bicyclic) bond motifs is 5. The van der Waals surface area contributed by atoms with Crippen molar-refractivity contribution in [3.05, 3.63) is 23.8 Å². The Kier molecular flexibility index (Phi) is 6.11. The molecule has 1 N–H and O–H groups in total. The predicted octanol–water partition coefficient (Wildman–Crippen LogP) is 8.19. The van der Waals surface area contributed by atoms with E-state index < -0.39 is 0 Å². The van der Waals surface area contributed by atoms with Crippen LogP contribution in [-0.4, -0.2) is 11.2 Å². The summed E-state index contributed by atoms with van der Waals surface area (Å²) in [5.41, 5.74) is 4.42. The van der Waals surface area contributed by atoms with Crippen LogP contribution < -0.4 is 0 Å². The lowest BCUT2D eigenvalue weighted by atomic mass is 9.46. The Morgan fingerprint density at radius 1 is 1.10 bits per heavy atom. The Labute approximate surface area is 193 Å². The van der Waals surface area contributed by atoms with Crippen LogP contribution in [0.15, 0.2) is 23.8 Å². The first-order valence-corrected chi connectivity index (χ1v) is 13.5. The molecule has 31 heavy (non-hydrogen) atoms. The highest BCUT2D eigenvalue weighted by Crippen LogP contribution is 2.67. The summed E-state index contributed by atoms with van der Waals surface area (Å²) < 4.78 is 0. The zero-order chi connectivity index (χ0) is 22.8. The van der Waals surface area contributed by atoms with Gasteiger partial charge in [0.15, 0.2) is 0 Å². The molecule has 0 aromatic carbocycles. The molecule has 9 atom stereocenters. The van der Waals surface area contributed by atoms with Crippen molar-refractivity contribution in [2.45, 2.75) is 112 Å². The summed E-state index contributed by atoms with van der Waals surface area (Å²) in [4.78, 5) is 0. The average molecular weight is 427 g/mol. The lowest BCUT2D eigenvalue weighted by molar-refractivity contribution is -0.0773. The molecule has 0 aromatic heterocycles. The molecular weight excluding hydrogens is 376 g/mol. The molecule has 1 heteroatoms. The predicted molar refractivity (Wildman–Crippen MR) is 133 cm³/mol.